The molecule has 0 unspecified atom stereocenters. The fourth-order valence-electron chi connectivity index (χ4n) is 5.24. The fraction of sp³-hybridized carbons (Fsp3) is 0.400. The van der Waals surface area contributed by atoms with E-state index in [0.29, 0.717) is 17.4 Å². The van der Waals surface area contributed by atoms with Gasteiger partial charge in [-0.05, 0) is 54.0 Å². The second kappa shape index (κ2) is 9.22. The first-order valence-corrected chi connectivity index (χ1v) is 11.3. The lowest BCUT2D eigenvalue weighted by atomic mass is 9.77. The zero-order valence-electron chi connectivity index (χ0n) is 18.0. The van der Waals surface area contributed by atoms with E-state index in [1.807, 2.05) is 23.1 Å². The molecule has 32 heavy (non-hydrogen) atoms. The van der Waals surface area contributed by atoms with Crippen molar-refractivity contribution in [1.82, 2.24) is 25.0 Å². The average Bonchev–Trinajstić information content (AvgIpc) is 3.45. The molecule has 7 nitrogen and oxygen atoms in total. The van der Waals surface area contributed by atoms with Crippen molar-refractivity contribution in [1.29, 1.82) is 0 Å². The molecule has 4 atom stereocenters. The molecule has 5 rings (SSSR count). The van der Waals surface area contributed by atoms with Crippen LogP contribution in [0.4, 0.5) is 0 Å². The van der Waals surface area contributed by atoms with Gasteiger partial charge in [-0.2, -0.15) is 5.10 Å². The SMILES string of the molecule is O=C(N[C@H]1C[C@H]2CN(Cc3ccccc3Cn3cccn3)C[C@H]2C[C@@H]1O)c1ccncc1. The topological polar surface area (TPSA) is 83.3 Å². The van der Waals surface area contributed by atoms with Gasteiger partial charge in [0, 0.05) is 50.0 Å². The number of amides is 1. The van der Waals surface area contributed by atoms with Crippen LogP contribution >= 0.6 is 0 Å². The van der Waals surface area contributed by atoms with E-state index >= 15 is 0 Å². The van der Waals surface area contributed by atoms with Crippen molar-refractivity contribution in [3.8, 4) is 0 Å². The van der Waals surface area contributed by atoms with Crippen LogP contribution in [0, 0.1) is 11.8 Å². The molecule has 2 aliphatic rings. The van der Waals surface area contributed by atoms with Gasteiger partial charge in [0.25, 0.3) is 5.91 Å². The monoisotopic (exact) mass is 431 g/mol. The number of aliphatic hydroxyl groups excluding tert-OH is 1. The lowest BCUT2D eigenvalue weighted by Gasteiger charge is -2.35. The summed E-state index contributed by atoms with van der Waals surface area (Å²) in [6.07, 6.45) is 8.06. The molecule has 1 aromatic carbocycles. The number of carbonyl (C=O) groups is 1. The third-order valence-corrected chi connectivity index (χ3v) is 6.88. The predicted octanol–water partition coefficient (Wildman–Crippen LogP) is 2.33. The summed E-state index contributed by atoms with van der Waals surface area (Å²) in [5.74, 6) is 0.814. The van der Waals surface area contributed by atoms with Crippen molar-refractivity contribution in [3.63, 3.8) is 0 Å². The number of hydrogen-bond acceptors (Lipinski definition) is 5. The lowest BCUT2D eigenvalue weighted by molar-refractivity contribution is 0.0461. The van der Waals surface area contributed by atoms with Crippen LogP contribution in [0.5, 0.6) is 0 Å². The summed E-state index contributed by atoms with van der Waals surface area (Å²) in [6.45, 7) is 3.65. The Balaban J connectivity index is 1.21. The Labute approximate surface area is 188 Å². The van der Waals surface area contributed by atoms with Gasteiger partial charge in [0.1, 0.15) is 0 Å². The highest BCUT2D eigenvalue weighted by Gasteiger charge is 2.42. The number of aromatic nitrogens is 3. The number of pyridine rings is 1. The molecule has 3 heterocycles. The molecule has 1 amide bonds. The molecule has 166 valence electrons. The van der Waals surface area contributed by atoms with Crippen LogP contribution in [0.3, 0.4) is 0 Å². The minimum Gasteiger partial charge on any atom is -0.391 e. The van der Waals surface area contributed by atoms with E-state index in [4.69, 9.17) is 0 Å². The first-order valence-electron chi connectivity index (χ1n) is 11.3. The molecular formula is C25H29N5O2. The molecular weight excluding hydrogens is 402 g/mol. The molecule has 2 fully saturated rings. The normalized spacial score (nSPS) is 25.4. The molecule has 1 saturated carbocycles. The van der Waals surface area contributed by atoms with Gasteiger partial charge in [0.05, 0.1) is 18.7 Å². The smallest absolute Gasteiger partial charge is 0.251 e. The van der Waals surface area contributed by atoms with Gasteiger partial charge in [-0.1, -0.05) is 24.3 Å². The van der Waals surface area contributed by atoms with Crippen LogP contribution in [0.1, 0.15) is 34.3 Å². The lowest BCUT2D eigenvalue weighted by Crippen LogP contribution is -2.49. The second-order valence-electron chi connectivity index (χ2n) is 9.04. The Morgan fingerprint density at radius 2 is 1.69 bits per heavy atom. The van der Waals surface area contributed by atoms with Crippen molar-refractivity contribution in [2.45, 2.75) is 38.1 Å². The first-order chi connectivity index (χ1) is 15.7. The van der Waals surface area contributed by atoms with Gasteiger partial charge in [-0.15, -0.1) is 0 Å². The molecule has 7 heteroatoms. The number of fused-ring (bicyclic) bond motifs is 1. The summed E-state index contributed by atoms with van der Waals surface area (Å²) >= 11 is 0. The number of carbonyl (C=O) groups excluding carboxylic acids is 1. The number of hydrogen-bond donors (Lipinski definition) is 2. The van der Waals surface area contributed by atoms with Gasteiger partial charge in [0.15, 0.2) is 0 Å². The molecule has 1 aliphatic heterocycles. The van der Waals surface area contributed by atoms with Crippen LogP contribution in [0.25, 0.3) is 0 Å². The molecule has 0 bridgehead atoms. The minimum absolute atomic E-state index is 0.141. The molecule has 2 N–H and O–H groups in total. The van der Waals surface area contributed by atoms with Crippen LogP contribution in [-0.4, -0.2) is 55.9 Å². The maximum Gasteiger partial charge on any atom is 0.251 e. The van der Waals surface area contributed by atoms with Crippen LogP contribution in [0.15, 0.2) is 67.3 Å². The summed E-state index contributed by atoms with van der Waals surface area (Å²) < 4.78 is 1.95. The Bertz CT molecular complexity index is 1040. The van der Waals surface area contributed by atoms with Gasteiger partial charge in [-0.3, -0.25) is 19.4 Å². The largest absolute Gasteiger partial charge is 0.391 e. The highest BCUT2D eigenvalue weighted by Crippen LogP contribution is 2.37. The molecule has 1 aliphatic carbocycles. The summed E-state index contributed by atoms with van der Waals surface area (Å²) in [5.41, 5.74) is 3.19. The predicted molar refractivity (Wildman–Crippen MR) is 121 cm³/mol. The number of nitrogens with zero attached hydrogens (tertiary/aromatic N) is 4. The highest BCUT2D eigenvalue weighted by atomic mass is 16.3. The second-order valence-corrected chi connectivity index (χ2v) is 9.04. The summed E-state index contributed by atoms with van der Waals surface area (Å²) in [5, 5.41) is 18.1. The minimum atomic E-state index is -0.505. The van der Waals surface area contributed by atoms with Crippen LogP contribution < -0.4 is 5.32 Å². The molecule has 2 aromatic heterocycles. The number of aliphatic hydroxyl groups is 1. The fourth-order valence-corrected chi connectivity index (χ4v) is 5.24. The van der Waals surface area contributed by atoms with E-state index in [0.717, 1.165) is 39.0 Å². The van der Waals surface area contributed by atoms with Gasteiger partial charge >= 0.3 is 0 Å². The Hall–Kier alpha value is -3.03. The summed E-state index contributed by atoms with van der Waals surface area (Å²) in [7, 11) is 0. The Kier molecular flexibility index (Phi) is 6.01. The quantitative estimate of drug-likeness (QED) is 0.626. The summed E-state index contributed by atoms with van der Waals surface area (Å²) in [4.78, 5) is 19.0. The van der Waals surface area contributed by atoms with Crippen LogP contribution in [-0.2, 0) is 13.1 Å². The average molecular weight is 432 g/mol. The summed E-state index contributed by atoms with van der Waals surface area (Å²) in [6, 6.07) is 13.7. The van der Waals surface area contributed by atoms with Gasteiger partial charge in [0.2, 0.25) is 0 Å². The third-order valence-electron chi connectivity index (χ3n) is 6.88. The number of benzene rings is 1. The van der Waals surface area contributed by atoms with E-state index in [1.54, 1.807) is 24.5 Å². The molecule has 0 spiro atoms. The van der Waals surface area contributed by atoms with E-state index in [9.17, 15) is 9.90 Å². The molecule has 3 aromatic rings. The Morgan fingerprint density at radius 1 is 0.969 bits per heavy atom. The maximum absolute atomic E-state index is 12.6. The van der Waals surface area contributed by atoms with Gasteiger partial charge < -0.3 is 10.4 Å². The number of rotatable bonds is 6. The maximum atomic E-state index is 12.6. The van der Waals surface area contributed by atoms with Crippen molar-refractivity contribution >= 4 is 5.91 Å². The first kappa shape index (κ1) is 20.8. The van der Waals surface area contributed by atoms with E-state index in [2.05, 4.69) is 44.6 Å². The van der Waals surface area contributed by atoms with Crippen molar-refractivity contribution in [2.24, 2.45) is 11.8 Å². The molecule has 0 radical (unpaired) electrons. The number of likely N-dealkylation sites (tertiary alicyclic amines) is 1. The van der Waals surface area contributed by atoms with Crippen molar-refractivity contribution < 1.29 is 9.90 Å². The van der Waals surface area contributed by atoms with Crippen molar-refractivity contribution in [2.75, 3.05) is 13.1 Å². The van der Waals surface area contributed by atoms with Gasteiger partial charge in [-0.25, -0.2) is 0 Å². The molecule has 1 saturated heterocycles. The highest BCUT2D eigenvalue weighted by molar-refractivity contribution is 5.94. The number of nitrogens with one attached hydrogen (secondary N) is 1. The van der Waals surface area contributed by atoms with E-state index in [1.165, 1.54) is 11.1 Å². The van der Waals surface area contributed by atoms with Crippen LogP contribution in [0.2, 0.25) is 0 Å². The van der Waals surface area contributed by atoms with E-state index < -0.39 is 6.10 Å². The zero-order valence-corrected chi connectivity index (χ0v) is 18.0. The van der Waals surface area contributed by atoms with Crippen molar-refractivity contribution in [3.05, 3.63) is 83.9 Å². The third kappa shape index (κ3) is 4.59. The van der Waals surface area contributed by atoms with E-state index in [-0.39, 0.29) is 11.9 Å². The standard InChI is InChI=1S/C25H29N5O2/c31-24-13-22-16-29(14-19-4-1-2-5-20(19)17-30-11-3-8-27-30)15-21(22)12-23(24)28-25(32)18-6-9-26-10-7-18/h1-11,21-24,31H,12-17H2,(H,28,32)/t21-,22+,23-,24-/m0/s1. The zero-order chi connectivity index (χ0) is 21.9. The Morgan fingerprint density at radius 3 is 2.41 bits per heavy atom.